The summed E-state index contributed by atoms with van der Waals surface area (Å²) >= 11 is 0. The van der Waals surface area contributed by atoms with Gasteiger partial charge in [-0.15, -0.1) is 12.4 Å². The minimum atomic E-state index is -0.150. The van der Waals surface area contributed by atoms with Crippen molar-refractivity contribution < 1.29 is 9.31 Å². The molecule has 0 amide bonds. The maximum atomic E-state index is 6.35. The predicted molar refractivity (Wildman–Crippen MR) is 78.1 cm³/mol. The Morgan fingerprint density at radius 2 is 1.89 bits per heavy atom. The number of hydrogen-bond donors (Lipinski definition) is 1. The molecule has 1 aliphatic heterocycles. The normalized spacial score (nSPS) is 48.0. The fourth-order valence-electron chi connectivity index (χ4n) is 4.77. The average Bonchev–Trinajstić information content (AvgIpc) is 3.08. The first-order valence-electron chi connectivity index (χ1n) is 7.52. The van der Waals surface area contributed by atoms with Crippen molar-refractivity contribution in [3.8, 4) is 0 Å². The van der Waals surface area contributed by atoms with Crippen LogP contribution in [0.25, 0.3) is 0 Å². The third-order valence-electron chi connectivity index (χ3n) is 6.45. The van der Waals surface area contributed by atoms with Crippen molar-refractivity contribution in [3.63, 3.8) is 0 Å². The van der Waals surface area contributed by atoms with E-state index in [0.29, 0.717) is 17.3 Å². The van der Waals surface area contributed by atoms with Crippen molar-refractivity contribution in [2.75, 3.05) is 0 Å². The molecule has 0 aromatic rings. The molecule has 5 aliphatic rings. The van der Waals surface area contributed by atoms with E-state index >= 15 is 0 Å². The molecule has 0 aromatic carbocycles. The van der Waals surface area contributed by atoms with Crippen LogP contribution in [0.2, 0.25) is 0 Å². The minimum Gasteiger partial charge on any atom is -0.404 e. The smallest absolute Gasteiger partial charge is 0.404 e. The molecular weight excluding hydrogens is 260 g/mol. The van der Waals surface area contributed by atoms with E-state index in [-0.39, 0.29) is 37.2 Å². The summed E-state index contributed by atoms with van der Waals surface area (Å²) in [4.78, 5) is 0. The number of hydrogen-bond acceptors (Lipinski definition) is 3. The van der Waals surface area contributed by atoms with E-state index in [2.05, 4.69) is 20.8 Å². The number of nitrogens with two attached hydrogens (primary N) is 1. The van der Waals surface area contributed by atoms with Crippen molar-refractivity contribution in [2.45, 2.75) is 64.1 Å². The predicted octanol–water partition coefficient (Wildman–Crippen LogP) is 2.41. The van der Waals surface area contributed by atoms with Gasteiger partial charge in [0.05, 0.1) is 11.7 Å². The molecule has 5 rings (SSSR count). The van der Waals surface area contributed by atoms with Crippen molar-refractivity contribution in [1.29, 1.82) is 0 Å². The summed E-state index contributed by atoms with van der Waals surface area (Å²) < 4.78 is 12.5. The molecule has 3 nitrogen and oxygen atoms in total. The maximum Gasteiger partial charge on any atom is 0.475 e. The Morgan fingerprint density at radius 3 is 2.47 bits per heavy atom. The standard InChI is InChI=1S/C14H24BNO2.ClH/c1-13(2)9-6-10(13)14(3)11(7-9)17-15(18-14)12(16)8-4-5-8;/h8-12H,4-7,16H2,1-3H3;1H/t9-,10-,11+,12-,14-;/m0./s1. The Bertz CT molecular complexity index is 390. The van der Waals surface area contributed by atoms with E-state index < -0.39 is 0 Å². The molecule has 0 aromatic heterocycles. The maximum absolute atomic E-state index is 6.35. The SMILES string of the molecule is CC1(C)[C@@H]2C[C@H]3OB([C@@H](N)C4CC4)O[C@@]3(C)[C@H]1C2.Cl. The Kier molecular flexibility index (Phi) is 3.08. The summed E-state index contributed by atoms with van der Waals surface area (Å²) in [6.07, 6.45) is 5.26. The first-order valence-corrected chi connectivity index (χ1v) is 7.52. The molecule has 1 heterocycles. The molecule has 19 heavy (non-hydrogen) atoms. The molecule has 0 radical (unpaired) electrons. The summed E-state index contributed by atoms with van der Waals surface area (Å²) in [6, 6.07) is 0. The van der Waals surface area contributed by atoms with Crippen LogP contribution in [0.1, 0.15) is 46.5 Å². The largest absolute Gasteiger partial charge is 0.475 e. The van der Waals surface area contributed by atoms with Crippen LogP contribution in [-0.2, 0) is 9.31 Å². The van der Waals surface area contributed by atoms with Crippen LogP contribution in [0.4, 0.5) is 0 Å². The van der Waals surface area contributed by atoms with Gasteiger partial charge in [-0.1, -0.05) is 13.8 Å². The fourth-order valence-corrected chi connectivity index (χ4v) is 4.77. The van der Waals surface area contributed by atoms with E-state index in [0.717, 1.165) is 12.3 Å². The summed E-state index contributed by atoms with van der Waals surface area (Å²) in [5.74, 6) is 2.19. The lowest BCUT2D eigenvalue weighted by Crippen LogP contribution is -2.65. The number of rotatable bonds is 2. The van der Waals surface area contributed by atoms with Gasteiger partial charge >= 0.3 is 7.12 Å². The molecule has 2 N–H and O–H groups in total. The van der Waals surface area contributed by atoms with Gasteiger partial charge in [0.15, 0.2) is 0 Å². The van der Waals surface area contributed by atoms with Gasteiger partial charge in [-0.2, -0.15) is 0 Å². The van der Waals surface area contributed by atoms with E-state index in [1.807, 2.05) is 0 Å². The van der Waals surface area contributed by atoms with Crippen LogP contribution in [-0.4, -0.2) is 24.8 Å². The Hall–Kier alpha value is 0.235. The van der Waals surface area contributed by atoms with Gasteiger partial charge in [0.25, 0.3) is 0 Å². The highest BCUT2D eigenvalue weighted by molar-refractivity contribution is 6.47. The van der Waals surface area contributed by atoms with Gasteiger partial charge in [0.1, 0.15) is 0 Å². The second-order valence-electron chi connectivity index (χ2n) is 7.75. The van der Waals surface area contributed by atoms with Gasteiger partial charge in [0, 0.05) is 5.94 Å². The first kappa shape index (κ1) is 14.2. The summed E-state index contributed by atoms with van der Waals surface area (Å²) in [7, 11) is -0.150. The van der Waals surface area contributed by atoms with Crippen molar-refractivity contribution in [1.82, 2.24) is 0 Å². The van der Waals surface area contributed by atoms with Crippen LogP contribution in [0.5, 0.6) is 0 Å². The zero-order valence-corrected chi connectivity index (χ0v) is 12.9. The van der Waals surface area contributed by atoms with Crippen LogP contribution < -0.4 is 5.73 Å². The van der Waals surface area contributed by atoms with E-state index in [4.69, 9.17) is 15.0 Å². The second-order valence-corrected chi connectivity index (χ2v) is 7.75. The third-order valence-corrected chi connectivity index (χ3v) is 6.45. The molecule has 108 valence electrons. The first-order chi connectivity index (χ1) is 8.43. The van der Waals surface area contributed by atoms with Crippen molar-refractivity contribution in [2.24, 2.45) is 28.9 Å². The highest BCUT2D eigenvalue weighted by Crippen LogP contribution is 2.65. The quantitative estimate of drug-likeness (QED) is 0.793. The van der Waals surface area contributed by atoms with Crippen LogP contribution in [0.3, 0.4) is 0 Å². The molecule has 0 unspecified atom stereocenters. The van der Waals surface area contributed by atoms with E-state index in [1.165, 1.54) is 19.3 Å². The van der Waals surface area contributed by atoms with Gasteiger partial charge < -0.3 is 15.0 Å². The van der Waals surface area contributed by atoms with Gasteiger partial charge in [-0.05, 0) is 55.8 Å². The van der Waals surface area contributed by atoms with Gasteiger partial charge in [-0.3, -0.25) is 0 Å². The molecule has 5 atom stereocenters. The van der Waals surface area contributed by atoms with Crippen LogP contribution in [0, 0.1) is 23.2 Å². The lowest BCUT2D eigenvalue weighted by atomic mass is 9.43. The molecule has 2 bridgehead atoms. The molecule has 0 spiro atoms. The molecule has 5 fully saturated rings. The fraction of sp³-hybridized carbons (Fsp3) is 1.00. The number of halogens is 1. The lowest BCUT2D eigenvalue weighted by molar-refractivity contribution is -0.199. The van der Waals surface area contributed by atoms with E-state index in [9.17, 15) is 0 Å². The molecule has 1 saturated heterocycles. The zero-order chi connectivity index (χ0) is 12.7. The third kappa shape index (κ3) is 1.76. The highest BCUT2D eigenvalue weighted by Gasteiger charge is 2.68. The zero-order valence-electron chi connectivity index (χ0n) is 12.1. The lowest BCUT2D eigenvalue weighted by Gasteiger charge is -2.64. The summed E-state index contributed by atoms with van der Waals surface area (Å²) in [6.45, 7) is 7.05. The van der Waals surface area contributed by atoms with Gasteiger partial charge in [-0.25, -0.2) is 0 Å². The Balaban J connectivity index is 0.00000110. The van der Waals surface area contributed by atoms with Crippen LogP contribution >= 0.6 is 12.4 Å². The summed E-state index contributed by atoms with van der Waals surface area (Å²) in [5.41, 5.74) is 6.61. The molecule has 4 aliphatic carbocycles. The van der Waals surface area contributed by atoms with E-state index in [1.54, 1.807) is 0 Å². The Labute approximate surface area is 122 Å². The van der Waals surface area contributed by atoms with Gasteiger partial charge in [0.2, 0.25) is 0 Å². The summed E-state index contributed by atoms with van der Waals surface area (Å²) in [5, 5.41) is 0. The van der Waals surface area contributed by atoms with Crippen molar-refractivity contribution >= 4 is 19.5 Å². The second kappa shape index (κ2) is 4.13. The molecule has 4 saturated carbocycles. The van der Waals surface area contributed by atoms with Crippen molar-refractivity contribution in [3.05, 3.63) is 0 Å². The minimum absolute atomic E-state index is 0. The molecule has 5 heteroatoms. The topological polar surface area (TPSA) is 44.5 Å². The van der Waals surface area contributed by atoms with Crippen LogP contribution in [0.15, 0.2) is 0 Å². The Morgan fingerprint density at radius 1 is 1.21 bits per heavy atom. The molecular formula is C14H25BClNO2. The average molecular weight is 286 g/mol. The monoisotopic (exact) mass is 285 g/mol. The highest BCUT2D eigenvalue weighted by atomic mass is 35.5.